The number of halogens is 2. The summed E-state index contributed by atoms with van der Waals surface area (Å²) in [7, 11) is 0. The number of Topliss-reactive ketones (excluding diaryl/α,β-unsaturated/α-hetero) is 1. The van der Waals surface area contributed by atoms with E-state index in [1.807, 2.05) is 13.8 Å². The number of thiophene rings is 1. The molecule has 0 bridgehead atoms. The minimum atomic E-state index is -0.582. The topological polar surface area (TPSA) is 70.3 Å². The van der Waals surface area contributed by atoms with Gasteiger partial charge in [-0.25, -0.2) is 9.36 Å². The molecule has 0 saturated heterocycles. The monoisotopic (exact) mass is 514 g/mol. The molecule has 4 aromatic rings. The highest BCUT2D eigenvalue weighted by Gasteiger charge is 2.32. The van der Waals surface area contributed by atoms with E-state index in [4.69, 9.17) is 27.9 Å². The van der Waals surface area contributed by atoms with Crippen molar-refractivity contribution >= 4 is 50.5 Å². The van der Waals surface area contributed by atoms with Crippen molar-refractivity contribution in [3.8, 4) is 5.69 Å². The van der Waals surface area contributed by atoms with E-state index in [0.717, 1.165) is 15.0 Å². The van der Waals surface area contributed by atoms with E-state index in [1.165, 1.54) is 15.9 Å². The zero-order chi connectivity index (χ0) is 24.2. The number of carbonyl (C=O) groups is 1. The summed E-state index contributed by atoms with van der Waals surface area (Å²) >= 11 is 13.3. The molecule has 3 heterocycles. The minimum Gasteiger partial charge on any atom is -0.370 e. The van der Waals surface area contributed by atoms with Gasteiger partial charge in [-0.2, -0.15) is 0 Å². The van der Waals surface area contributed by atoms with Crippen LogP contribution in [-0.4, -0.2) is 20.5 Å². The number of ether oxygens (including phenoxy) is 1. The first-order chi connectivity index (χ1) is 16.1. The molecule has 0 spiro atoms. The average Bonchev–Trinajstić information content (AvgIpc) is 3.16. The van der Waals surface area contributed by atoms with E-state index in [-0.39, 0.29) is 12.3 Å². The van der Waals surface area contributed by atoms with Crippen LogP contribution in [0.15, 0.2) is 58.1 Å². The Balaban J connectivity index is 1.76. The second kappa shape index (κ2) is 8.50. The Labute approximate surface area is 208 Å². The number of aromatic nitrogens is 2. The molecule has 34 heavy (non-hydrogen) atoms. The first-order valence-electron chi connectivity index (χ1n) is 10.6. The van der Waals surface area contributed by atoms with Crippen molar-refractivity contribution in [2.45, 2.75) is 39.0 Å². The second-order valence-electron chi connectivity index (χ2n) is 8.82. The fraction of sp³-hybridized carbons (Fsp3) is 0.240. The summed E-state index contributed by atoms with van der Waals surface area (Å²) in [5.41, 5.74) is 0.253. The van der Waals surface area contributed by atoms with Crippen LogP contribution in [0.4, 0.5) is 0 Å². The molecule has 2 aromatic carbocycles. The number of hydrogen-bond acceptors (Lipinski definition) is 5. The average molecular weight is 515 g/mol. The van der Waals surface area contributed by atoms with E-state index in [0.29, 0.717) is 44.5 Å². The SMILES string of the molecule is CC1(C)Cc2c(sc3c2c(=O)n(-c2ccc(Cl)cc2)c(=O)n3CC(=O)c2ccc(Cl)cc2)CO1. The third-order valence-corrected chi connectivity index (χ3v) is 7.64. The third-order valence-electron chi connectivity index (χ3n) is 5.91. The Morgan fingerprint density at radius 2 is 1.65 bits per heavy atom. The van der Waals surface area contributed by atoms with Crippen LogP contribution in [0, 0.1) is 0 Å². The molecule has 0 unspecified atom stereocenters. The van der Waals surface area contributed by atoms with Crippen LogP contribution in [0.1, 0.15) is 34.6 Å². The van der Waals surface area contributed by atoms with Crippen LogP contribution in [0.5, 0.6) is 0 Å². The molecule has 0 N–H and O–H groups in total. The van der Waals surface area contributed by atoms with E-state index in [1.54, 1.807) is 48.5 Å². The molecule has 174 valence electrons. The van der Waals surface area contributed by atoms with Gasteiger partial charge < -0.3 is 4.74 Å². The van der Waals surface area contributed by atoms with E-state index in [2.05, 4.69) is 0 Å². The van der Waals surface area contributed by atoms with Gasteiger partial charge in [-0.05, 0) is 67.9 Å². The lowest BCUT2D eigenvalue weighted by Crippen LogP contribution is -2.40. The van der Waals surface area contributed by atoms with Gasteiger partial charge in [0.1, 0.15) is 4.83 Å². The van der Waals surface area contributed by atoms with Crippen molar-refractivity contribution in [1.29, 1.82) is 0 Å². The summed E-state index contributed by atoms with van der Waals surface area (Å²) < 4.78 is 8.44. The first kappa shape index (κ1) is 23.1. The molecule has 6 nitrogen and oxygen atoms in total. The summed E-state index contributed by atoms with van der Waals surface area (Å²) in [6, 6.07) is 13.0. The summed E-state index contributed by atoms with van der Waals surface area (Å²) in [5.74, 6) is -0.260. The minimum absolute atomic E-state index is 0.214. The number of rotatable bonds is 4. The second-order valence-corrected chi connectivity index (χ2v) is 10.8. The summed E-state index contributed by atoms with van der Waals surface area (Å²) in [6.07, 6.45) is 0.529. The Bertz CT molecular complexity index is 1550. The molecule has 5 rings (SSSR count). The van der Waals surface area contributed by atoms with Gasteiger partial charge in [-0.15, -0.1) is 11.3 Å². The zero-order valence-electron chi connectivity index (χ0n) is 18.4. The summed E-state index contributed by atoms with van der Waals surface area (Å²) in [5, 5.41) is 1.46. The Morgan fingerprint density at radius 1 is 1.03 bits per heavy atom. The largest absolute Gasteiger partial charge is 0.370 e. The van der Waals surface area contributed by atoms with Crippen molar-refractivity contribution in [2.75, 3.05) is 0 Å². The maximum absolute atomic E-state index is 13.7. The van der Waals surface area contributed by atoms with Crippen molar-refractivity contribution in [1.82, 2.24) is 9.13 Å². The van der Waals surface area contributed by atoms with Crippen molar-refractivity contribution in [3.63, 3.8) is 0 Å². The standard InChI is InChI=1S/C25H20Cl2N2O4S/c1-25(2)11-18-20(13-33-25)34-23-21(18)22(31)29(17-9-7-16(27)8-10-17)24(32)28(23)12-19(30)14-3-5-15(26)6-4-14/h3-10H,11-13H2,1-2H3. The third kappa shape index (κ3) is 4.03. The molecule has 1 aliphatic heterocycles. The van der Waals surface area contributed by atoms with Gasteiger partial charge >= 0.3 is 5.69 Å². The lowest BCUT2D eigenvalue weighted by Gasteiger charge is -2.29. The predicted octanol–water partition coefficient (Wildman–Crippen LogP) is 5.25. The predicted molar refractivity (Wildman–Crippen MR) is 135 cm³/mol. The fourth-order valence-corrected chi connectivity index (χ4v) is 5.65. The molecule has 0 atom stereocenters. The van der Waals surface area contributed by atoms with Crippen LogP contribution in [0.2, 0.25) is 10.0 Å². The highest BCUT2D eigenvalue weighted by molar-refractivity contribution is 7.18. The van der Waals surface area contributed by atoms with Crippen LogP contribution in [-0.2, 0) is 24.3 Å². The van der Waals surface area contributed by atoms with E-state index < -0.39 is 16.9 Å². The van der Waals surface area contributed by atoms with Crippen molar-refractivity contribution in [2.24, 2.45) is 0 Å². The van der Waals surface area contributed by atoms with E-state index >= 15 is 0 Å². The zero-order valence-corrected chi connectivity index (χ0v) is 20.8. The Kier molecular flexibility index (Phi) is 5.76. The summed E-state index contributed by atoms with van der Waals surface area (Å²) in [4.78, 5) is 41.8. The Morgan fingerprint density at radius 3 is 2.29 bits per heavy atom. The van der Waals surface area contributed by atoms with Gasteiger partial charge in [-0.3, -0.25) is 14.2 Å². The lowest BCUT2D eigenvalue weighted by molar-refractivity contribution is -0.0379. The number of nitrogens with zero attached hydrogens (tertiary/aromatic N) is 2. The summed E-state index contributed by atoms with van der Waals surface area (Å²) in [6.45, 7) is 4.07. The highest BCUT2D eigenvalue weighted by atomic mass is 35.5. The molecule has 0 aliphatic carbocycles. The van der Waals surface area contributed by atoms with Crippen LogP contribution in [0.25, 0.3) is 15.9 Å². The van der Waals surface area contributed by atoms with Crippen LogP contribution >= 0.6 is 34.5 Å². The van der Waals surface area contributed by atoms with Gasteiger partial charge in [0.05, 0.1) is 29.8 Å². The molecular formula is C25H20Cl2N2O4S. The maximum atomic E-state index is 13.7. The van der Waals surface area contributed by atoms with Gasteiger partial charge in [0.2, 0.25) is 0 Å². The van der Waals surface area contributed by atoms with Gasteiger partial charge in [0, 0.05) is 26.9 Å². The molecule has 0 fully saturated rings. The number of ketones is 1. The Hall–Kier alpha value is -2.71. The van der Waals surface area contributed by atoms with Gasteiger partial charge in [0.25, 0.3) is 5.56 Å². The van der Waals surface area contributed by atoms with E-state index in [9.17, 15) is 14.4 Å². The molecule has 2 aromatic heterocycles. The number of carbonyl (C=O) groups excluding carboxylic acids is 1. The van der Waals surface area contributed by atoms with Crippen molar-refractivity contribution in [3.05, 3.63) is 95.4 Å². The molecule has 9 heteroatoms. The quantitative estimate of drug-likeness (QED) is 0.348. The fourth-order valence-electron chi connectivity index (χ4n) is 4.18. The normalized spacial score (nSPS) is 14.8. The van der Waals surface area contributed by atoms with Gasteiger partial charge in [0.15, 0.2) is 5.78 Å². The first-order valence-corrected chi connectivity index (χ1v) is 12.2. The molecule has 1 aliphatic rings. The van der Waals surface area contributed by atoms with Crippen molar-refractivity contribution < 1.29 is 9.53 Å². The number of fused-ring (bicyclic) bond motifs is 3. The van der Waals surface area contributed by atoms with Crippen LogP contribution in [0.3, 0.4) is 0 Å². The number of benzene rings is 2. The highest BCUT2D eigenvalue weighted by Crippen LogP contribution is 2.37. The molecule has 0 radical (unpaired) electrons. The van der Waals surface area contributed by atoms with Crippen LogP contribution < -0.4 is 11.2 Å². The molecule has 0 saturated carbocycles. The molecule has 0 amide bonds. The maximum Gasteiger partial charge on any atom is 0.337 e. The molecular weight excluding hydrogens is 495 g/mol. The van der Waals surface area contributed by atoms with Gasteiger partial charge in [-0.1, -0.05) is 23.2 Å². The lowest BCUT2D eigenvalue weighted by atomic mass is 9.94. The number of hydrogen-bond donors (Lipinski definition) is 0. The smallest absolute Gasteiger partial charge is 0.337 e.